The molecule has 1 N–H and O–H groups in total. The lowest BCUT2D eigenvalue weighted by Crippen LogP contribution is -2.45. The minimum atomic E-state index is -0.554. The number of carbonyl (C=O) groups excluding carboxylic acids is 2. The summed E-state index contributed by atoms with van der Waals surface area (Å²) in [6, 6.07) is 8.24. The van der Waals surface area contributed by atoms with Crippen LogP contribution in [0.2, 0.25) is 0 Å². The molecular weight excluding hydrogens is 400 g/mol. The molecule has 5 heteroatoms. The highest BCUT2D eigenvalue weighted by Crippen LogP contribution is 2.40. The second-order valence-corrected chi connectivity index (χ2v) is 9.38. The van der Waals surface area contributed by atoms with Crippen LogP contribution in [0.4, 0.5) is 0 Å². The first kappa shape index (κ1) is 22.5. The number of allylic oxidation sites excluding steroid dienone is 2. The van der Waals surface area contributed by atoms with E-state index in [2.05, 4.69) is 36.2 Å². The number of benzene rings is 1. The fraction of sp³-hybridized carbons (Fsp3) is 0.481. The molecule has 32 heavy (non-hydrogen) atoms. The summed E-state index contributed by atoms with van der Waals surface area (Å²) in [7, 11) is 3.52. The second-order valence-electron chi connectivity index (χ2n) is 9.38. The van der Waals surface area contributed by atoms with Crippen molar-refractivity contribution in [3.05, 3.63) is 53.2 Å². The van der Waals surface area contributed by atoms with Crippen LogP contribution in [0.15, 0.2) is 42.0 Å². The van der Waals surface area contributed by atoms with Crippen LogP contribution in [0.1, 0.15) is 74.8 Å². The topological polar surface area (TPSA) is 62.4 Å². The van der Waals surface area contributed by atoms with E-state index < -0.39 is 5.60 Å². The maximum absolute atomic E-state index is 12.7. The van der Waals surface area contributed by atoms with Crippen LogP contribution in [0.5, 0.6) is 0 Å². The number of nitrogens with zero attached hydrogens (tertiary/aromatic N) is 1. The standard InChI is InChI=1S/C27H34N2O3/c1-5-19(20-11-12-21-17-24(26(31)29(3)4)28-23(21)16-20)9-8-10-22-15-18(2)25(30)27(32-22)13-6-7-14-27/h9,11-12,15-17,22,28H,5-8,10,13-14H2,1-4H3/b19-9+. The Labute approximate surface area is 190 Å². The smallest absolute Gasteiger partial charge is 0.269 e. The number of Topliss-reactive ketones (excluding diaryl/α,β-unsaturated/α-hetero) is 1. The number of nitrogens with one attached hydrogen (secondary N) is 1. The summed E-state index contributed by atoms with van der Waals surface area (Å²) >= 11 is 0. The van der Waals surface area contributed by atoms with Gasteiger partial charge >= 0.3 is 0 Å². The molecule has 1 atom stereocenters. The number of aromatic amines is 1. The quantitative estimate of drug-likeness (QED) is 0.637. The van der Waals surface area contributed by atoms with Crippen molar-refractivity contribution in [3.8, 4) is 0 Å². The molecule has 1 aliphatic heterocycles. The molecule has 1 saturated carbocycles. The molecule has 2 aliphatic rings. The van der Waals surface area contributed by atoms with Gasteiger partial charge in [-0.1, -0.05) is 25.1 Å². The van der Waals surface area contributed by atoms with Gasteiger partial charge < -0.3 is 14.6 Å². The van der Waals surface area contributed by atoms with Gasteiger partial charge in [0.05, 0.1) is 6.10 Å². The number of fused-ring (bicyclic) bond motifs is 1. The van der Waals surface area contributed by atoms with Gasteiger partial charge in [0.1, 0.15) is 11.3 Å². The zero-order chi connectivity index (χ0) is 22.9. The number of H-pyrrole nitrogens is 1. The van der Waals surface area contributed by atoms with Crippen molar-refractivity contribution < 1.29 is 14.3 Å². The molecule has 1 aliphatic carbocycles. The highest BCUT2D eigenvalue weighted by Gasteiger charge is 2.46. The van der Waals surface area contributed by atoms with E-state index in [4.69, 9.17) is 4.74 Å². The zero-order valence-corrected chi connectivity index (χ0v) is 19.7. The maximum atomic E-state index is 12.7. The fourth-order valence-electron chi connectivity index (χ4n) is 5.10. The average molecular weight is 435 g/mol. The van der Waals surface area contributed by atoms with Gasteiger partial charge in [-0.05, 0) is 86.8 Å². The van der Waals surface area contributed by atoms with Crippen molar-refractivity contribution >= 4 is 28.2 Å². The molecule has 5 nitrogen and oxygen atoms in total. The number of amides is 1. The Kier molecular flexibility index (Phi) is 6.38. The minimum Gasteiger partial charge on any atom is -0.360 e. The molecule has 1 spiro atoms. The van der Waals surface area contributed by atoms with Gasteiger partial charge in [0.25, 0.3) is 5.91 Å². The average Bonchev–Trinajstić information content (AvgIpc) is 3.41. The summed E-state index contributed by atoms with van der Waals surface area (Å²) in [4.78, 5) is 29.8. The number of hydrogen-bond acceptors (Lipinski definition) is 3. The first-order valence-electron chi connectivity index (χ1n) is 11.8. The molecule has 2 aromatic rings. The highest BCUT2D eigenvalue weighted by molar-refractivity contribution is 6.02. The first-order chi connectivity index (χ1) is 15.3. The first-order valence-corrected chi connectivity index (χ1v) is 11.8. The third-order valence-corrected chi connectivity index (χ3v) is 6.85. The van der Waals surface area contributed by atoms with Crippen molar-refractivity contribution in [2.75, 3.05) is 14.1 Å². The maximum Gasteiger partial charge on any atom is 0.269 e. The van der Waals surface area contributed by atoms with Crippen molar-refractivity contribution in [2.45, 2.75) is 70.5 Å². The summed E-state index contributed by atoms with van der Waals surface area (Å²) in [6.07, 6.45) is 10.9. The molecule has 1 amide bonds. The van der Waals surface area contributed by atoms with Gasteiger partial charge in [0, 0.05) is 25.0 Å². The van der Waals surface area contributed by atoms with Crippen LogP contribution in [-0.2, 0) is 9.53 Å². The highest BCUT2D eigenvalue weighted by atomic mass is 16.5. The summed E-state index contributed by atoms with van der Waals surface area (Å²) in [5, 5.41) is 1.04. The molecule has 0 radical (unpaired) electrons. The Morgan fingerprint density at radius 3 is 2.69 bits per heavy atom. The van der Waals surface area contributed by atoms with Crippen LogP contribution in [0.3, 0.4) is 0 Å². The zero-order valence-electron chi connectivity index (χ0n) is 19.7. The van der Waals surface area contributed by atoms with Gasteiger partial charge in [0.2, 0.25) is 0 Å². The Balaban J connectivity index is 1.48. The molecule has 1 aromatic carbocycles. The van der Waals surface area contributed by atoms with Gasteiger partial charge in [-0.25, -0.2) is 0 Å². The Morgan fingerprint density at radius 1 is 1.25 bits per heavy atom. The number of carbonyl (C=O) groups is 2. The number of ketones is 1. The van der Waals surface area contributed by atoms with E-state index in [-0.39, 0.29) is 17.8 Å². The van der Waals surface area contributed by atoms with E-state index in [1.54, 1.807) is 19.0 Å². The van der Waals surface area contributed by atoms with Crippen LogP contribution in [0.25, 0.3) is 16.5 Å². The number of hydrogen-bond donors (Lipinski definition) is 1. The normalized spacial score (nSPS) is 20.8. The SMILES string of the molecule is CC/C(=C\CCC1C=C(C)C(=O)C2(CCCC2)O1)c1ccc2cc(C(=O)N(C)C)[nH]c2c1. The fourth-order valence-corrected chi connectivity index (χ4v) is 5.10. The summed E-state index contributed by atoms with van der Waals surface area (Å²) in [5.74, 6) is 0.172. The molecule has 0 saturated heterocycles. The minimum absolute atomic E-state index is 0.00523. The Morgan fingerprint density at radius 2 is 2.00 bits per heavy atom. The van der Waals surface area contributed by atoms with E-state index in [9.17, 15) is 9.59 Å². The van der Waals surface area contributed by atoms with E-state index in [0.29, 0.717) is 5.69 Å². The second kappa shape index (κ2) is 9.07. The molecule has 0 bridgehead atoms. The van der Waals surface area contributed by atoms with Crippen molar-refractivity contribution in [3.63, 3.8) is 0 Å². The molecule has 1 unspecified atom stereocenters. The molecule has 1 aromatic heterocycles. The van der Waals surface area contributed by atoms with E-state index in [0.717, 1.165) is 61.4 Å². The lowest BCUT2D eigenvalue weighted by Gasteiger charge is -2.36. The van der Waals surface area contributed by atoms with Gasteiger partial charge in [-0.2, -0.15) is 0 Å². The molecule has 1 fully saturated rings. The summed E-state index contributed by atoms with van der Waals surface area (Å²) < 4.78 is 6.34. The largest absolute Gasteiger partial charge is 0.360 e. The molecule has 170 valence electrons. The number of rotatable bonds is 6. The van der Waals surface area contributed by atoms with E-state index in [1.807, 2.05) is 19.1 Å². The van der Waals surface area contributed by atoms with Crippen molar-refractivity contribution in [2.24, 2.45) is 0 Å². The van der Waals surface area contributed by atoms with Crippen LogP contribution < -0.4 is 0 Å². The molecular formula is C27H34N2O3. The van der Waals surface area contributed by atoms with Gasteiger partial charge in [-0.15, -0.1) is 0 Å². The predicted octanol–water partition coefficient (Wildman–Crippen LogP) is 5.67. The monoisotopic (exact) mass is 434 g/mol. The van der Waals surface area contributed by atoms with Crippen molar-refractivity contribution in [1.82, 2.24) is 9.88 Å². The van der Waals surface area contributed by atoms with E-state index in [1.165, 1.54) is 11.1 Å². The Hall–Kier alpha value is -2.66. The van der Waals surface area contributed by atoms with Crippen molar-refractivity contribution in [1.29, 1.82) is 0 Å². The third kappa shape index (κ3) is 4.31. The number of aromatic nitrogens is 1. The molecule has 4 rings (SSSR count). The van der Waals surface area contributed by atoms with Gasteiger partial charge in [0.15, 0.2) is 5.78 Å². The summed E-state index contributed by atoms with van der Waals surface area (Å²) in [6.45, 7) is 4.10. The predicted molar refractivity (Wildman–Crippen MR) is 129 cm³/mol. The lowest BCUT2D eigenvalue weighted by atomic mass is 9.87. The van der Waals surface area contributed by atoms with Gasteiger partial charge in [-0.3, -0.25) is 9.59 Å². The van der Waals surface area contributed by atoms with Crippen LogP contribution in [-0.4, -0.2) is 47.4 Å². The van der Waals surface area contributed by atoms with Crippen LogP contribution in [0, 0.1) is 0 Å². The third-order valence-electron chi connectivity index (χ3n) is 6.85. The van der Waals surface area contributed by atoms with E-state index >= 15 is 0 Å². The lowest BCUT2D eigenvalue weighted by molar-refractivity contribution is -0.148. The molecule has 2 heterocycles. The van der Waals surface area contributed by atoms with Crippen LogP contribution >= 0.6 is 0 Å². The summed E-state index contributed by atoms with van der Waals surface area (Å²) in [5.41, 5.74) is 4.35. The number of ether oxygens (including phenoxy) is 1. The Bertz CT molecular complexity index is 1080.